The van der Waals surface area contributed by atoms with Crippen LogP contribution in [0.5, 0.6) is 0 Å². The van der Waals surface area contributed by atoms with Gasteiger partial charge in [0.1, 0.15) is 0 Å². The van der Waals surface area contributed by atoms with Crippen LogP contribution in [0.3, 0.4) is 0 Å². The molecule has 2 heterocycles. The van der Waals surface area contributed by atoms with Crippen LogP contribution in [0.25, 0.3) is 0 Å². The maximum atomic E-state index is 12.2. The number of aromatic nitrogens is 2. The number of benzene rings is 1. The molecule has 1 aliphatic rings. The second kappa shape index (κ2) is 7.27. The highest BCUT2D eigenvalue weighted by molar-refractivity contribution is 9.10. The third kappa shape index (κ3) is 4.42. The first-order chi connectivity index (χ1) is 11.1. The molecule has 1 aromatic carbocycles. The second-order valence-electron chi connectivity index (χ2n) is 6.08. The molecular formula is C17H21BrN4O. The average Bonchev–Trinajstić information content (AvgIpc) is 2.97. The van der Waals surface area contributed by atoms with E-state index in [9.17, 15) is 4.79 Å². The predicted octanol–water partition coefficient (Wildman–Crippen LogP) is 2.58. The van der Waals surface area contributed by atoms with E-state index in [-0.39, 0.29) is 11.9 Å². The fraction of sp³-hybridized carbons (Fsp3) is 0.412. The largest absolute Gasteiger partial charge is 0.348 e. The minimum atomic E-state index is -0.0337. The van der Waals surface area contributed by atoms with E-state index in [1.165, 1.54) is 5.56 Å². The first kappa shape index (κ1) is 16.2. The van der Waals surface area contributed by atoms with Gasteiger partial charge < -0.3 is 5.32 Å². The van der Waals surface area contributed by atoms with Crippen LogP contribution in [-0.4, -0.2) is 39.7 Å². The van der Waals surface area contributed by atoms with E-state index in [1.54, 1.807) is 17.1 Å². The zero-order chi connectivity index (χ0) is 16.2. The highest BCUT2D eigenvalue weighted by atomic mass is 79.9. The van der Waals surface area contributed by atoms with Crippen molar-refractivity contribution in [1.82, 2.24) is 20.0 Å². The normalized spacial score (nSPS) is 18.8. The molecule has 1 saturated heterocycles. The molecule has 0 radical (unpaired) electrons. The molecule has 1 N–H and O–H groups in total. The molecule has 1 unspecified atom stereocenters. The van der Waals surface area contributed by atoms with E-state index in [2.05, 4.69) is 55.5 Å². The van der Waals surface area contributed by atoms with Gasteiger partial charge in [-0.05, 0) is 37.1 Å². The summed E-state index contributed by atoms with van der Waals surface area (Å²) in [5.41, 5.74) is 1.92. The molecule has 0 saturated carbocycles. The number of piperidine rings is 1. The molecule has 1 aliphatic heterocycles. The Morgan fingerprint density at radius 2 is 2.17 bits per heavy atom. The zero-order valence-corrected chi connectivity index (χ0v) is 14.8. The zero-order valence-electron chi connectivity index (χ0n) is 13.2. The lowest BCUT2D eigenvalue weighted by Crippen LogP contribution is -2.47. The molecule has 23 heavy (non-hydrogen) atoms. The quantitative estimate of drug-likeness (QED) is 0.891. The summed E-state index contributed by atoms with van der Waals surface area (Å²) in [5, 5.41) is 7.18. The Hall–Kier alpha value is -1.66. The van der Waals surface area contributed by atoms with Crippen LogP contribution in [-0.2, 0) is 13.6 Å². The van der Waals surface area contributed by atoms with E-state index in [0.717, 1.165) is 36.9 Å². The van der Waals surface area contributed by atoms with Crippen LogP contribution in [0, 0.1) is 0 Å². The van der Waals surface area contributed by atoms with Gasteiger partial charge in [0.05, 0.1) is 11.8 Å². The van der Waals surface area contributed by atoms with Crippen LogP contribution < -0.4 is 5.32 Å². The van der Waals surface area contributed by atoms with Crippen LogP contribution in [0.4, 0.5) is 0 Å². The molecule has 0 aliphatic carbocycles. The molecule has 0 bridgehead atoms. The van der Waals surface area contributed by atoms with E-state index >= 15 is 0 Å². The van der Waals surface area contributed by atoms with Gasteiger partial charge in [-0.1, -0.05) is 28.1 Å². The number of aryl methyl sites for hydroxylation is 1. The monoisotopic (exact) mass is 376 g/mol. The summed E-state index contributed by atoms with van der Waals surface area (Å²) in [6.45, 7) is 2.89. The van der Waals surface area contributed by atoms with Crippen molar-refractivity contribution in [3.05, 3.63) is 52.3 Å². The number of nitrogens with one attached hydrogen (secondary N) is 1. The van der Waals surface area contributed by atoms with Crippen molar-refractivity contribution in [3.63, 3.8) is 0 Å². The van der Waals surface area contributed by atoms with Gasteiger partial charge in [0.2, 0.25) is 0 Å². The fourth-order valence-corrected chi connectivity index (χ4v) is 3.24. The predicted molar refractivity (Wildman–Crippen MR) is 93.1 cm³/mol. The smallest absolute Gasteiger partial charge is 0.254 e. The van der Waals surface area contributed by atoms with Crippen molar-refractivity contribution < 1.29 is 4.79 Å². The molecule has 6 heteroatoms. The molecule has 1 atom stereocenters. The van der Waals surface area contributed by atoms with Crippen molar-refractivity contribution >= 4 is 21.8 Å². The second-order valence-corrected chi connectivity index (χ2v) is 6.99. The van der Waals surface area contributed by atoms with Crippen molar-refractivity contribution in [1.29, 1.82) is 0 Å². The summed E-state index contributed by atoms with van der Waals surface area (Å²) >= 11 is 3.46. The summed E-state index contributed by atoms with van der Waals surface area (Å²) in [6, 6.07) is 8.62. The SMILES string of the molecule is Cn1cc(C(=O)NC2CCCN(Cc3ccc(Br)cc3)C2)cn1. The van der Waals surface area contributed by atoms with E-state index in [1.807, 2.05) is 7.05 Å². The molecule has 2 aromatic rings. The van der Waals surface area contributed by atoms with Crippen molar-refractivity contribution in [2.24, 2.45) is 7.05 Å². The average molecular weight is 377 g/mol. The third-order valence-electron chi connectivity index (χ3n) is 4.13. The van der Waals surface area contributed by atoms with Crippen LogP contribution in [0.1, 0.15) is 28.8 Å². The molecular weight excluding hydrogens is 356 g/mol. The van der Waals surface area contributed by atoms with Gasteiger partial charge in [0, 0.05) is 36.8 Å². The summed E-state index contributed by atoms with van der Waals surface area (Å²) in [5.74, 6) is -0.0337. The van der Waals surface area contributed by atoms with Gasteiger partial charge in [-0.2, -0.15) is 5.10 Å². The van der Waals surface area contributed by atoms with E-state index < -0.39 is 0 Å². The Morgan fingerprint density at radius 1 is 1.39 bits per heavy atom. The topological polar surface area (TPSA) is 50.2 Å². The van der Waals surface area contributed by atoms with Crippen molar-refractivity contribution in [3.8, 4) is 0 Å². The van der Waals surface area contributed by atoms with Crippen LogP contribution in [0.2, 0.25) is 0 Å². The molecule has 1 aromatic heterocycles. The van der Waals surface area contributed by atoms with Crippen LogP contribution in [0.15, 0.2) is 41.1 Å². The Labute approximate surface area is 144 Å². The Kier molecular flexibility index (Phi) is 5.13. The number of hydrogen-bond donors (Lipinski definition) is 1. The summed E-state index contributed by atoms with van der Waals surface area (Å²) in [6.07, 6.45) is 5.49. The van der Waals surface area contributed by atoms with Crippen LogP contribution >= 0.6 is 15.9 Å². The molecule has 3 rings (SSSR count). The maximum absolute atomic E-state index is 12.2. The van der Waals surface area contributed by atoms with Crippen molar-refractivity contribution in [2.75, 3.05) is 13.1 Å². The minimum absolute atomic E-state index is 0.0337. The first-order valence-corrected chi connectivity index (χ1v) is 8.66. The minimum Gasteiger partial charge on any atom is -0.348 e. The standard InChI is InChI=1S/C17H21BrN4O/c1-21-11-14(9-19-21)17(23)20-16-3-2-8-22(12-16)10-13-4-6-15(18)7-5-13/h4-7,9,11,16H,2-3,8,10,12H2,1H3,(H,20,23). The highest BCUT2D eigenvalue weighted by Crippen LogP contribution is 2.16. The molecule has 122 valence electrons. The Bertz CT molecular complexity index is 667. The lowest BCUT2D eigenvalue weighted by atomic mass is 10.0. The number of hydrogen-bond acceptors (Lipinski definition) is 3. The number of carbonyl (C=O) groups excluding carboxylic acids is 1. The number of amides is 1. The Morgan fingerprint density at radius 3 is 2.87 bits per heavy atom. The number of nitrogens with zero attached hydrogens (tertiary/aromatic N) is 3. The van der Waals surface area contributed by atoms with Gasteiger partial charge in [-0.25, -0.2) is 0 Å². The maximum Gasteiger partial charge on any atom is 0.254 e. The third-order valence-corrected chi connectivity index (χ3v) is 4.66. The lowest BCUT2D eigenvalue weighted by molar-refractivity contribution is 0.0900. The van der Waals surface area contributed by atoms with Gasteiger partial charge in [0.15, 0.2) is 0 Å². The number of carbonyl (C=O) groups is 1. The van der Waals surface area contributed by atoms with Gasteiger partial charge in [0.25, 0.3) is 5.91 Å². The lowest BCUT2D eigenvalue weighted by Gasteiger charge is -2.33. The first-order valence-electron chi connectivity index (χ1n) is 7.86. The summed E-state index contributed by atoms with van der Waals surface area (Å²) in [4.78, 5) is 14.6. The van der Waals surface area contributed by atoms with E-state index in [0.29, 0.717) is 5.56 Å². The number of rotatable bonds is 4. The highest BCUT2D eigenvalue weighted by Gasteiger charge is 2.22. The fourth-order valence-electron chi connectivity index (χ4n) is 2.97. The van der Waals surface area contributed by atoms with Gasteiger partial charge in [-0.3, -0.25) is 14.4 Å². The molecule has 0 spiro atoms. The molecule has 1 fully saturated rings. The number of likely N-dealkylation sites (tertiary alicyclic amines) is 1. The van der Waals surface area contributed by atoms with Crippen molar-refractivity contribution in [2.45, 2.75) is 25.4 Å². The van der Waals surface area contributed by atoms with Gasteiger partial charge >= 0.3 is 0 Å². The van der Waals surface area contributed by atoms with Gasteiger partial charge in [-0.15, -0.1) is 0 Å². The summed E-state index contributed by atoms with van der Waals surface area (Å²) < 4.78 is 2.75. The van der Waals surface area contributed by atoms with E-state index in [4.69, 9.17) is 0 Å². The Balaban J connectivity index is 1.55. The molecule has 1 amide bonds. The number of halogens is 1. The molecule has 5 nitrogen and oxygen atoms in total. The summed E-state index contributed by atoms with van der Waals surface area (Å²) in [7, 11) is 1.82.